The third-order valence-electron chi connectivity index (χ3n) is 5.98. The molecule has 3 rings (SSSR count). The van der Waals surface area contributed by atoms with Gasteiger partial charge in [0.15, 0.2) is 0 Å². The molecule has 0 heterocycles. The Kier molecular flexibility index (Phi) is 3.77. The van der Waals surface area contributed by atoms with Crippen LogP contribution in [0.15, 0.2) is 23.3 Å². The van der Waals surface area contributed by atoms with Crippen molar-refractivity contribution in [1.82, 2.24) is 5.43 Å². The van der Waals surface area contributed by atoms with E-state index in [1.54, 1.807) is 18.2 Å². The Morgan fingerprint density at radius 1 is 1.32 bits per heavy atom. The van der Waals surface area contributed by atoms with Crippen molar-refractivity contribution in [2.24, 2.45) is 21.8 Å². The molecule has 1 aromatic carbocycles. The highest BCUT2D eigenvalue weighted by molar-refractivity contribution is 6.36. The van der Waals surface area contributed by atoms with Gasteiger partial charge in [-0.05, 0) is 48.8 Å². The molecule has 0 saturated heterocycles. The summed E-state index contributed by atoms with van der Waals surface area (Å²) in [5, 5.41) is 5.29. The smallest absolute Gasteiger partial charge is 0.267 e. The van der Waals surface area contributed by atoms with Gasteiger partial charge in [-0.15, -0.1) is 0 Å². The zero-order chi connectivity index (χ0) is 16.1. The predicted molar refractivity (Wildman–Crippen MR) is 90.6 cm³/mol. The van der Waals surface area contributed by atoms with Gasteiger partial charge in [0.1, 0.15) is 0 Å². The van der Waals surface area contributed by atoms with E-state index in [1.165, 1.54) is 6.42 Å². The number of hydrogen-bond donors (Lipinski definition) is 1. The van der Waals surface area contributed by atoms with Crippen molar-refractivity contribution < 1.29 is 4.79 Å². The van der Waals surface area contributed by atoms with E-state index in [2.05, 4.69) is 31.3 Å². The van der Waals surface area contributed by atoms with Crippen LogP contribution in [0.1, 0.15) is 50.4 Å². The van der Waals surface area contributed by atoms with Gasteiger partial charge in [0, 0.05) is 16.1 Å². The molecule has 2 aliphatic carbocycles. The fourth-order valence-corrected chi connectivity index (χ4v) is 4.44. The third kappa shape index (κ3) is 2.26. The second-order valence-corrected chi connectivity index (χ2v) is 7.96. The fourth-order valence-electron chi connectivity index (χ4n) is 3.95. The maximum absolute atomic E-state index is 12.3. The molecule has 2 bridgehead atoms. The van der Waals surface area contributed by atoms with Gasteiger partial charge in [0.2, 0.25) is 0 Å². The van der Waals surface area contributed by atoms with Gasteiger partial charge in [0.05, 0.1) is 10.6 Å². The van der Waals surface area contributed by atoms with Crippen LogP contribution in [0, 0.1) is 16.7 Å². The molecular formula is C17H20Cl2N2O. The summed E-state index contributed by atoms with van der Waals surface area (Å²) < 4.78 is 0. The quantitative estimate of drug-likeness (QED) is 0.763. The fraction of sp³-hybridized carbons (Fsp3) is 0.529. The zero-order valence-electron chi connectivity index (χ0n) is 13.0. The van der Waals surface area contributed by atoms with Crippen LogP contribution in [-0.2, 0) is 0 Å². The zero-order valence-corrected chi connectivity index (χ0v) is 14.6. The Morgan fingerprint density at radius 3 is 2.59 bits per heavy atom. The van der Waals surface area contributed by atoms with Crippen LogP contribution in [0.4, 0.5) is 0 Å². The highest BCUT2D eigenvalue weighted by Gasteiger charge is 2.60. The van der Waals surface area contributed by atoms with Gasteiger partial charge >= 0.3 is 0 Å². The Labute approximate surface area is 141 Å². The van der Waals surface area contributed by atoms with Crippen LogP contribution >= 0.6 is 23.2 Å². The van der Waals surface area contributed by atoms with Crippen LogP contribution in [0.3, 0.4) is 0 Å². The number of nitrogens with zero attached hydrogens (tertiary/aromatic N) is 1. The number of hydrazone groups is 1. The molecule has 2 aliphatic rings. The Hall–Kier alpha value is -1.06. The lowest BCUT2D eigenvalue weighted by molar-refractivity contribution is 0.0954. The van der Waals surface area contributed by atoms with Gasteiger partial charge in [-0.2, -0.15) is 5.10 Å². The van der Waals surface area contributed by atoms with Crippen molar-refractivity contribution in [3.05, 3.63) is 33.8 Å². The maximum atomic E-state index is 12.3. The van der Waals surface area contributed by atoms with Gasteiger partial charge in [0.25, 0.3) is 5.91 Å². The summed E-state index contributed by atoms with van der Waals surface area (Å²) in [4.78, 5) is 12.3. The van der Waals surface area contributed by atoms with E-state index in [4.69, 9.17) is 23.2 Å². The molecule has 1 aromatic rings. The number of hydrogen-bond acceptors (Lipinski definition) is 2. The number of carbonyl (C=O) groups is 1. The predicted octanol–water partition coefficient (Wildman–Crippen LogP) is 4.93. The lowest BCUT2D eigenvalue weighted by atomic mass is 9.70. The van der Waals surface area contributed by atoms with Crippen LogP contribution in [0.2, 0.25) is 10.0 Å². The van der Waals surface area contributed by atoms with E-state index < -0.39 is 0 Å². The molecule has 0 spiro atoms. The van der Waals surface area contributed by atoms with Gasteiger partial charge in [-0.3, -0.25) is 4.79 Å². The number of amides is 1. The lowest BCUT2D eigenvalue weighted by Gasteiger charge is -2.34. The Balaban J connectivity index is 1.79. The maximum Gasteiger partial charge on any atom is 0.272 e. The van der Waals surface area contributed by atoms with Crippen molar-refractivity contribution in [1.29, 1.82) is 0 Å². The molecule has 5 heteroatoms. The molecule has 1 amide bonds. The molecule has 2 atom stereocenters. The van der Waals surface area contributed by atoms with E-state index in [-0.39, 0.29) is 16.7 Å². The average Bonchev–Trinajstić information content (AvgIpc) is 2.77. The normalized spacial score (nSPS) is 30.8. The first-order valence-corrected chi connectivity index (χ1v) is 8.34. The monoisotopic (exact) mass is 338 g/mol. The van der Waals surface area contributed by atoms with E-state index in [0.717, 1.165) is 18.6 Å². The molecule has 3 nitrogen and oxygen atoms in total. The molecule has 118 valence electrons. The lowest BCUT2D eigenvalue weighted by Crippen LogP contribution is -2.34. The standard InChI is InChI=1S/C17H20Cl2N2O/c1-16(2)10-6-7-17(16,3)14(8-10)20-21-15(22)12-5-4-11(18)9-13(12)19/h4-5,9-10H,6-8H2,1-3H3,(H,21,22)/b20-14+. The molecule has 2 saturated carbocycles. The molecule has 0 aromatic heterocycles. The van der Waals surface area contributed by atoms with Crippen molar-refractivity contribution in [2.75, 3.05) is 0 Å². The van der Waals surface area contributed by atoms with Gasteiger partial charge in [-0.1, -0.05) is 44.0 Å². The molecule has 0 aliphatic heterocycles. The topological polar surface area (TPSA) is 41.5 Å². The number of rotatable bonds is 2. The number of nitrogens with one attached hydrogen (secondary N) is 1. The summed E-state index contributed by atoms with van der Waals surface area (Å²) in [7, 11) is 0. The molecule has 2 fully saturated rings. The molecule has 2 unspecified atom stereocenters. The summed E-state index contributed by atoms with van der Waals surface area (Å²) in [6, 6.07) is 4.83. The summed E-state index contributed by atoms with van der Waals surface area (Å²) in [5.41, 5.74) is 4.49. The first kappa shape index (κ1) is 15.8. The van der Waals surface area contributed by atoms with Crippen molar-refractivity contribution in [2.45, 2.75) is 40.0 Å². The number of halogens is 2. The average molecular weight is 339 g/mol. The van der Waals surface area contributed by atoms with Crippen molar-refractivity contribution in [3.63, 3.8) is 0 Å². The second-order valence-electron chi connectivity index (χ2n) is 7.12. The first-order chi connectivity index (χ1) is 10.3. The summed E-state index contributed by atoms with van der Waals surface area (Å²) in [6.07, 6.45) is 3.36. The largest absolute Gasteiger partial charge is 0.272 e. The van der Waals surface area contributed by atoms with E-state index in [1.807, 2.05) is 0 Å². The molecule has 1 N–H and O–H groups in total. The van der Waals surface area contributed by atoms with E-state index in [0.29, 0.717) is 21.5 Å². The molecule has 0 radical (unpaired) electrons. The van der Waals surface area contributed by atoms with Gasteiger partial charge < -0.3 is 0 Å². The number of carbonyl (C=O) groups excluding carboxylic acids is 1. The van der Waals surface area contributed by atoms with E-state index in [9.17, 15) is 4.79 Å². The number of fused-ring (bicyclic) bond motifs is 2. The SMILES string of the molecule is CC12CCC(C/C1=N\NC(=O)c1ccc(Cl)cc1Cl)C2(C)C. The van der Waals surface area contributed by atoms with Crippen LogP contribution < -0.4 is 5.43 Å². The van der Waals surface area contributed by atoms with Crippen molar-refractivity contribution >= 4 is 34.8 Å². The minimum absolute atomic E-state index is 0.0781. The minimum Gasteiger partial charge on any atom is -0.267 e. The Bertz CT molecular complexity index is 669. The summed E-state index contributed by atoms with van der Waals surface area (Å²) in [6.45, 7) is 6.89. The third-order valence-corrected chi connectivity index (χ3v) is 6.53. The minimum atomic E-state index is -0.293. The van der Waals surface area contributed by atoms with Crippen LogP contribution in [0.5, 0.6) is 0 Å². The molecule has 22 heavy (non-hydrogen) atoms. The summed E-state index contributed by atoms with van der Waals surface area (Å²) in [5.74, 6) is 0.366. The first-order valence-electron chi connectivity index (χ1n) is 7.58. The second kappa shape index (κ2) is 5.24. The molecular weight excluding hydrogens is 319 g/mol. The van der Waals surface area contributed by atoms with E-state index >= 15 is 0 Å². The number of benzene rings is 1. The highest BCUT2D eigenvalue weighted by atomic mass is 35.5. The summed E-state index contributed by atoms with van der Waals surface area (Å²) >= 11 is 11.9. The van der Waals surface area contributed by atoms with Crippen molar-refractivity contribution in [3.8, 4) is 0 Å². The van der Waals surface area contributed by atoms with Crippen LogP contribution in [0.25, 0.3) is 0 Å². The van der Waals surface area contributed by atoms with Crippen LogP contribution in [-0.4, -0.2) is 11.6 Å². The Morgan fingerprint density at radius 2 is 2.05 bits per heavy atom. The van der Waals surface area contributed by atoms with Gasteiger partial charge in [-0.25, -0.2) is 5.43 Å². The highest BCUT2D eigenvalue weighted by Crippen LogP contribution is 2.63.